The van der Waals surface area contributed by atoms with Gasteiger partial charge >= 0.3 is 5.97 Å². The minimum absolute atomic E-state index is 0.161. The topological polar surface area (TPSA) is 64.3 Å². The summed E-state index contributed by atoms with van der Waals surface area (Å²) in [7, 11) is 0. The molecule has 0 aliphatic heterocycles. The van der Waals surface area contributed by atoms with Gasteiger partial charge in [0.2, 0.25) is 0 Å². The van der Waals surface area contributed by atoms with E-state index < -0.39 is 5.97 Å². The number of hydrogen-bond acceptors (Lipinski definition) is 3. The molecule has 0 aliphatic rings. The normalized spacial score (nSPS) is 10.8. The van der Waals surface area contributed by atoms with Crippen molar-refractivity contribution in [2.24, 2.45) is 0 Å². The Morgan fingerprint density at radius 1 is 1.00 bits per heavy atom. The number of benzene rings is 2. The maximum Gasteiger partial charge on any atom is 0.335 e. The molecule has 31 heavy (non-hydrogen) atoms. The van der Waals surface area contributed by atoms with E-state index in [9.17, 15) is 9.90 Å². The van der Waals surface area contributed by atoms with Gasteiger partial charge < -0.3 is 9.84 Å². The van der Waals surface area contributed by atoms with E-state index in [1.54, 1.807) is 6.07 Å². The van der Waals surface area contributed by atoms with Gasteiger partial charge in [-0.25, -0.2) is 9.78 Å². The summed E-state index contributed by atoms with van der Waals surface area (Å²) in [5, 5.41) is 10.6. The predicted molar refractivity (Wildman–Crippen MR) is 121 cm³/mol. The van der Waals surface area contributed by atoms with Gasteiger partial charge in [-0.15, -0.1) is 0 Å². The van der Waals surface area contributed by atoms with Gasteiger partial charge in [-0.2, -0.15) is 0 Å². The Hall–Kier alpha value is -3.28. The third-order valence-corrected chi connectivity index (χ3v) is 5.31. The lowest BCUT2D eigenvalue weighted by molar-refractivity contribution is 0.0696. The first-order chi connectivity index (χ1) is 14.9. The third kappa shape index (κ3) is 4.58. The van der Waals surface area contributed by atoms with Crippen LogP contribution in [-0.2, 0) is 6.61 Å². The molecule has 1 N–H and O–H groups in total. The second-order valence-corrected chi connectivity index (χ2v) is 7.83. The lowest BCUT2D eigenvalue weighted by Gasteiger charge is -2.16. The average molecular weight is 453 g/mol. The minimum Gasteiger partial charge on any atom is -0.488 e. The molecule has 0 amide bonds. The van der Waals surface area contributed by atoms with Crippen LogP contribution in [0.5, 0.6) is 5.75 Å². The summed E-state index contributed by atoms with van der Waals surface area (Å²) < 4.78 is 7.99. The lowest BCUT2D eigenvalue weighted by Crippen LogP contribution is -2.05. The molecule has 0 fully saturated rings. The molecule has 0 atom stereocenters. The summed E-state index contributed by atoms with van der Waals surface area (Å²) >= 11 is 12.3. The van der Waals surface area contributed by atoms with Gasteiger partial charge in [0.05, 0.1) is 11.3 Å². The van der Waals surface area contributed by atoms with Crippen molar-refractivity contribution in [3.63, 3.8) is 0 Å². The van der Waals surface area contributed by atoms with E-state index in [0.717, 1.165) is 22.5 Å². The lowest BCUT2D eigenvalue weighted by atomic mass is 10.1. The van der Waals surface area contributed by atoms with E-state index in [0.29, 0.717) is 28.2 Å². The van der Waals surface area contributed by atoms with Crippen molar-refractivity contribution in [1.29, 1.82) is 0 Å². The first kappa shape index (κ1) is 21.0. The molecular weight excluding hydrogens is 435 g/mol. The second-order valence-electron chi connectivity index (χ2n) is 6.96. The van der Waals surface area contributed by atoms with Crippen LogP contribution in [0.1, 0.15) is 21.6 Å². The fourth-order valence-electron chi connectivity index (χ4n) is 3.30. The molecule has 0 unspecified atom stereocenters. The molecule has 2 aromatic carbocycles. The Morgan fingerprint density at radius 2 is 1.74 bits per heavy atom. The Labute approximate surface area is 189 Å². The molecule has 5 nitrogen and oxygen atoms in total. The van der Waals surface area contributed by atoms with E-state index >= 15 is 0 Å². The SMILES string of the molecule is Cc1ccc(-c2cc(Cl)ccc2OCc2ccc(Cl)cc2)n1-c1cc(C(=O)O)ccn1. The molecule has 4 aromatic rings. The highest BCUT2D eigenvalue weighted by atomic mass is 35.5. The first-order valence-electron chi connectivity index (χ1n) is 9.47. The highest BCUT2D eigenvalue weighted by molar-refractivity contribution is 6.31. The highest BCUT2D eigenvalue weighted by Crippen LogP contribution is 2.35. The molecule has 0 radical (unpaired) electrons. The van der Waals surface area contributed by atoms with Crippen LogP contribution in [0.2, 0.25) is 10.0 Å². The molecule has 0 spiro atoms. The molecule has 0 bridgehead atoms. The number of carbonyl (C=O) groups is 1. The summed E-state index contributed by atoms with van der Waals surface area (Å²) in [4.78, 5) is 15.8. The minimum atomic E-state index is -1.01. The fraction of sp³-hybridized carbons (Fsp3) is 0.0833. The summed E-state index contributed by atoms with van der Waals surface area (Å²) in [5.41, 5.74) is 3.61. The van der Waals surface area contributed by atoms with E-state index in [-0.39, 0.29) is 5.56 Å². The zero-order chi connectivity index (χ0) is 22.0. The fourth-order valence-corrected chi connectivity index (χ4v) is 3.59. The monoisotopic (exact) mass is 452 g/mol. The number of aromatic nitrogens is 2. The van der Waals surface area contributed by atoms with Crippen LogP contribution in [0.15, 0.2) is 72.9 Å². The Balaban J connectivity index is 1.75. The van der Waals surface area contributed by atoms with Crippen LogP contribution >= 0.6 is 23.2 Å². The second kappa shape index (κ2) is 8.84. The molecule has 4 rings (SSSR count). The number of halogens is 2. The van der Waals surface area contributed by atoms with Gasteiger partial charge in [-0.1, -0.05) is 35.3 Å². The van der Waals surface area contributed by atoms with E-state index in [1.807, 2.05) is 60.0 Å². The van der Waals surface area contributed by atoms with Crippen LogP contribution in [0, 0.1) is 6.92 Å². The number of carboxylic acid groups (broad SMARTS) is 1. The van der Waals surface area contributed by atoms with Gasteiger partial charge in [0.1, 0.15) is 18.2 Å². The molecule has 7 heteroatoms. The molecule has 0 saturated carbocycles. The Bertz CT molecular complexity index is 1250. The number of rotatable bonds is 6. The molecule has 2 aromatic heterocycles. The number of aryl methyl sites for hydroxylation is 1. The smallest absolute Gasteiger partial charge is 0.335 e. The zero-order valence-electron chi connectivity index (χ0n) is 16.5. The van der Waals surface area contributed by atoms with Crippen LogP contribution in [0.3, 0.4) is 0 Å². The van der Waals surface area contributed by atoms with Gasteiger partial charge in [0.15, 0.2) is 0 Å². The maximum atomic E-state index is 11.4. The number of hydrogen-bond donors (Lipinski definition) is 1. The number of carboxylic acids is 1. The largest absolute Gasteiger partial charge is 0.488 e. The van der Waals surface area contributed by atoms with Crippen LogP contribution in [-0.4, -0.2) is 20.6 Å². The van der Waals surface area contributed by atoms with Crippen molar-refractivity contribution in [3.8, 4) is 22.8 Å². The molecule has 0 aliphatic carbocycles. The molecular formula is C24H18Cl2N2O3. The van der Waals surface area contributed by atoms with Crippen LogP contribution in [0.4, 0.5) is 0 Å². The third-order valence-electron chi connectivity index (χ3n) is 4.82. The quantitative estimate of drug-likeness (QED) is 0.365. The summed E-state index contributed by atoms with van der Waals surface area (Å²) in [5.74, 6) is 0.138. The van der Waals surface area contributed by atoms with E-state index in [4.69, 9.17) is 27.9 Å². The zero-order valence-corrected chi connectivity index (χ0v) is 18.1. The average Bonchev–Trinajstić information content (AvgIpc) is 3.15. The predicted octanol–water partition coefficient (Wildman–Crippen LogP) is 6.43. The summed E-state index contributed by atoms with van der Waals surface area (Å²) in [6.45, 7) is 2.29. The summed E-state index contributed by atoms with van der Waals surface area (Å²) in [6.07, 6.45) is 1.48. The standard InChI is InChI=1S/C24H18Cl2N2O3/c1-15-2-8-21(28(15)23-12-17(24(29)30)10-11-27-23)20-13-19(26)7-9-22(20)31-14-16-3-5-18(25)6-4-16/h2-13H,14H2,1H3,(H,29,30). The van der Waals surface area contributed by atoms with Crippen LogP contribution < -0.4 is 4.74 Å². The van der Waals surface area contributed by atoms with Crippen molar-refractivity contribution in [3.05, 3.63) is 99.8 Å². The van der Waals surface area contributed by atoms with Gasteiger partial charge in [-0.3, -0.25) is 4.57 Å². The van der Waals surface area contributed by atoms with E-state index in [1.165, 1.54) is 18.3 Å². The molecule has 156 valence electrons. The number of aromatic carboxylic acids is 1. The summed E-state index contributed by atoms with van der Waals surface area (Å²) in [6, 6.07) is 19.7. The van der Waals surface area contributed by atoms with Crippen molar-refractivity contribution >= 4 is 29.2 Å². The van der Waals surface area contributed by atoms with Gasteiger partial charge in [-0.05, 0) is 67.1 Å². The molecule has 0 saturated heterocycles. The number of ether oxygens (including phenoxy) is 1. The van der Waals surface area contributed by atoms with Gasteiger partial charge in [0, 0.05) is 27.5 Å². The maximum absolute atomic E-state index is 11.4. The van der Waals surface area contributed by atoms with Gasteiger partial charge in [0.25, 0.3) is 0 Å². The number of pyridine rings is 1. The number of nitrogens with zero attached hydrogens (tertiary/aromatic N) is 2. The van der Waals surface area contributed by atoms with Crippen molar-refractivity contribution in [1.82, 2.24) is 9.55 Å². The van der Waals surface area contributed by atoms with E-state index in [2.05, 4.69) is 4.98 Å². The van der Waals surface area contributed by atoms with Crippen molar-refractivity contribution in [2.45, 2.75) is 13.5 Å². The Kier molecular flexibility index (Phi) is 5.98. The Morgan fingerprint density at radius 3 is 2.48 bits per heavy atom. The van der Waals surface area contributed by atoms with Crippen LogP contribution in [0.25, 0.3) is 17.1 Å². The molecule has 2 heterocycles. The highest BCUT2D eigenvalue weighted by Gasteiger charge is 2.17. The van der Waals surface area contributed by atoms with Crippen molar-refractivity contribution in [2.75, 3.05) is 0 Å². The first-order valence-corrected chi connectivity index (χ1v) is 10.2. The van der Waals surface area contributed by atoms with Crippen molar-refractivity contribution < 1.29 is 14.6 Å².